The lowest BCUT2D eigenvalue weighted by Crippen LogP contribution is -2.36. The predicted octanol–water partition coefficient (Wildman–Crippen LogP) is 2.95. The molecule has 3 nitrogen and oxygen atoms in total. The first-order valence-electron chi connectivity index (χ1n) is 6.45. The first-order chi connectivity index (χ1) is 8.79. The van der Waals surface area contributed by atoms with E-state index in [0.29, 0.717) is 0 Å². The lowest BCUT2D eigenvalue weighted by Gasteiger charge is -2.31. The fourth-order valence-electron chi connectivity index (χ4n) is 2.18. The van der Waals surface area contributed by atoms with Crippen LogP contribution in [0.2, 0.25) is 0 Å². The van der Waals surface area contributed by atoms with E-state index < -0.39 is 12.1 Å². The van der Waals surface area contributed by atoms with Gasteiger partial charge in [0.1, 0.15) is 5.75 Å². The molecule has 0 aromatic heterocycles. The maximum absolute atomic E-state index is 10.3. The molecule has 0 saturated heterocycles. The molecule has 102 valence electrons. The van der Waals surface area contributed by atoms with E-state index in [-0.39, 0.29) is 11.2 Å². The molecule has 4 N–H and O–H groups in total. The highest BCUT2D eigenvalue weighted by atomic mass is 16.3. The van der Waals surface area contributed by atoms with E-state index in [1.54, 1.807) is 12.1 Å². The highest BCUT2D eigenvalue weighted by molar-refractivity contribution is 5.84. The quantitative estimate of drug-likeness (QED) is 0.776. The van der Waals surface area contributed by atoms with E-state index in [1.165, 1.54) is 0 Å². The van der Waals surface area contributed by atoms with Gasteiger partial charge in [0.2, 0.25) is 0 Å². The largest absolute Gasteiger partial charge is 0.508 e. The van der Waals surface area contributed by atoms with Crippen LogP contribution < -0.4 is 5.73 Å². The van der Waals surface area contributed by atoms with Crippen LogP contribution in [0.25, 0.3) is 10.8 Å². The normalized spacial score (nSPS) is 15.4. The Morgan fingerprint density at radius 2 is 1.58 bits per heavy atom. The zero-order valence-electron chi connectivity index (χ0n) is 11.6. The summed E-state index contributed by atoms with van der Waals surface area (Å²) in [5, 5.41) is 21.7. The van der Waals surface area contributed by atoms with Crippen molar-refractivity contribution in [2.75, 3.05) is 0 Å². The lowest BCUT2D eigenvalue weighted by atomic mass is 9.82. The maximum atomic E-state index is 10.3. The summed E-state index contributed by atoms with van der Waals surface area (Å²) in [4.78, 5) is 0. The van der Waals surface area contributed by atoms with E-state index in [1.807, 2.05) is 45.0 Å². The van der Waals surface area contributed by atoms with Crippen LogP contribution >= 0.6 is 0 Å². The molecule has 0 spiro atoms. The summed E-state index contributed by atoms with van der Waals surface area (Å²) in [5.74, 6) is 0.249. The van der Waals surface area contributed by atoms with Crippen LogP contribution in [-0.2, 0) is 0 Å². The minimum atomic E-state index is -0.609. The standard InChI is InChI=1S/C16H21NO2/c1-16(2,3)15(19)14(17)12-5-4-11-9-13(18)7-6-10(11)8-12/h4-9,14-15,18-19H,17H2,1-3H3/t14-,15-/m0/s1. The van der Waals surface area contributed by atoms with Gasteiger partial charge in [0.25, 0.3) is 0 Å². The van der Waals surface area contributed by atoms with Gasteiger partial charge in [0, 0.05) is 0 Å². The Hall–Kier alpha value is -1.58. The third-order valence-electron chi connectivity index (χ3n) is 3.46. The molecule has 2 atom stereocenters. The van der Waals surface area contributed by atoms with Gasteiger partial charge in [0.05, 0.1) is 12.1 Å². The fourth-order valence-corrected chi connectivity index (χ4v) is 2.18. The summed E-state index contributed by atoms with van der Waals surface area (Å²) in [6, 6.07) is 10.6. The Balaban J connectivity index is 2.38. The van der Waals surface area contributed by atoms with Crippen molar-refractivity contribution in [3.05, 3.63) is 42.0 Å². The van der Waals surface area contributed by atoms with E-state index >= 15 is 0 Å². The van der Waals surface area contributed by atoms with E-state index in [4.69, 9.17) is 5.73 Å². The van der Waals surface area contributed by atoms with Gasteiger partial charge in [-0.25, -0.2) is 0 Å². The number of aromatic hydroxyl groups is 1. The molecule has 0 bridgehead atoms. The second-order valence-corrected chi connectivity index (χ2v) is 6.13. The van der Waals surface area contributed by atoms with Crippen molar-refractivity contribution in [3.63, 3.8) is 0 Å². The molecule has 0 aliphatic carbocycles. The number of hydrogen-bond acceptors (Lipinski definition) is 3. The van der Waals surface area contributed by atoms with Crippen LogP contribution in [0.15, 0.2) is 36.4 Å². The van der Waals surface area contributed by atoms with Crippen molar-refractivity contribution in [2.24, 2.45) is 11.1 Å². The molecule has 0 amide bonds. The SMILES string of the molecule is CC(C)(C)[C@@H](O)[C@@H](N)c1ccc2cc(O)ccc2c1. The van der Waals surface area contributed by atoms with Crippen LogP contribution in [0.5, 0.6) is 5.75 Å². The Morgan fingerprint density at radius 3 is 2.21 bits per heavy atom. The van der Waals surface area contributed by atoms with Gasteiger partial charge < -0.3 is 15.9 Å². The summed E-state index contributed by atoms with van der Waals surface area (Å²) < 4.78 is 0. The van der Waals surface area contributed by atoms with Gasteiger partial charge in [-0.3, -0.25) is 0 Å². The van der Waals surface area contributed by atoms with Gasteiger partial charge in [-0.1, -0.05) is 39.0 Å². The molecule has 0 radical (unpaired) electrons. The summed E-state index contributed by atoms with van der Waals surface area (Å²) in [5.41, 5.74) is 6.79. The number of aliphatic hydroxyl groups excluding tert-OH is 1. The number of phenols is 1. The number of aliphatic hydroxyl groups is 1. The highest BCUT2D eigenvalue weighted by Gasteiger charge is 2.29. The number of nitrogens with two attached hydrogens (primary N) is 1. The van der Waals surface area contributed by atoms with Gasteiger partial charge >= 0.3 is 0 Å². The van der Waals surface area contributed by atoms with Crippen molar-refractivity contribution in [1.82, 2.24) is 0 Å². The average Bonchev–Trinajstić information content (AvgIpc) is 2.35. The molecular formula is C16H21NO2. The molecule has 0 fully saturated rings. The number of fused-ring (bicyclic) bond motifs is 1. The summed E-state index contributed by atoms with van der Waals surface area (Å²) in [6.45, 7) is 5.91. The average molecular weight is 259 g/mol. The Kier molecular flexibility index (Phi) is 3.52. The second kappa shape index (κ2) is 4.83. The third-order valence-corrected chi connectivity index (χ3v) is 3.46. The Bertz CT molecular complexity index is 587. The van der Waals surface area contributed by atoms with Crippen LogP contribution in [0.3, 0.4) is 0 Å². The van der Waals surface area contributed by atoms with Crippen molar-refractivity contribution in [2.45, 2.75) is 32.9 Å². The summed E-state index contributed by atoms with van der Waals surface area (Å²) >= 11 is 0. The number of hydrogen-bond donors (Lipinski definition) is 3. The van der Waals surface area contributed by atoms with E-state index in [2.05, 4.69) is 0 Å². The molecular weight excluding hydrogens is 238 g/mol. The molecule has 0 heterocycles. The summed E-state index contributed by atoms with van der Waals surface area (Å²) in [6.07, 6.45) is -0.609. The molecule has 0 saturated carbocycles. The number of phenolic OH excluding ortho intramolecular Hbond substituents is 1. The summed E-state index contributed by atoms with van der Waals surface area (Å²) in [7, 11) is 0. The fraction of sp³-hybridized carbons (Fsp3) is 0.375. The Labute approximate surface area is 113 Å². The van der Waals surface area contributed by atoms with Crippen molar-refractivity contribution >= 4 is 10.8 Å². The number of benzene rings is 2. The first kappa shape index (κ1) is 13.8. The van der Waals surface area contributed by atoms with Gasteiger partial charge in [-0.15, -0.1) is 0 Å². The molecule has 2 aromatic rings. The van der Waals surface area contributed by atoms with Gasteiger partial charge in [-0.2, -0.15) is 0 Å². The smallest absolute Gasteiger partial charge is 0.116 e. The third kappa shape index (κ3) is 2.88. The predicted molar refractivity (Wildman–Crippen MR) is 78.0 cm³/mol. The van der Waals surface area contributed by atoms with Crippen LogP contribution in [-0.4, -0.2) is 16.3 Å². The van der Waals surface area contributed by atoms with E-state index in [0.717, 1.165) is 16.3 Å². The van der Waals surface area contributed by atoms with Crippen molar-refractivity contribution in [1.29, 1.82) is 0 Å². The molecule has 2 rings (SSSR count). The second-order valence-electron chi connectivity index (χ2n) is 6.13. The zero-order valence-corrected chi connectivity index (χ0v) is 11.6. The van der Waals surface area contributed by atoms with Gasteiger partial charge in [-0.05, 0) is 39.9 Å². The van der Waals surface area contributed by atoms with Crippen molar-refractivity contribution < 1.29 is 10.2 Å². The van der Waals surface area contributed by atoms with Crippen molar-refractivity contribution in [3.8, 4) is 5.75 Å². The number of rotatable bonds is 2. The van der Waals surface area contributed by atoms with Crippen LogP contribution in [0, 0.1) is 5.41 Å². The zero-order chi connectivity index (χ0) is 14.2. The maximum Gasteiger partial charge on any atom is 0.116 e. The molecule has 0 aliphatic heterocycles. The lowest BCUT2D eigenvalue weighted by molar-refractivity contribution is 0.0401. The highest BCUT2D eigenvalue weighted by Crippen LogP contribution is 2.30. The first-order valence-corrected chi connectivity index (χ1v) is 6.45. The molecule has 2 aromatic carbocycles. The minimum absolute atomic E-state index is 0.249. The molecule has 0 unspecified atom stereocenters. The van der Waals surface area contributed by atoms with Crippen LogP contribution in [0.1, 0.15) is 32.4 Å². The topological polar surface area (TPSA) is 66.5 Å². The van der Waals surface area contributed by atoms with E-state index in [9.17, 15) is 10.2 Å². The van der Waals surface area contributed by atoms with Gasteiger partial charge in [0.15, 0.2) is 0 Å². The molecule has 19 heavy (non-hydrogen) atoms. The minimum Gasteiger partial charge on any atom is -0.508 e. The van der Waals surface area contributed by atoms with Crippen LogP contribution in [0.4, 0.5) is 0 Å². The molecule has 0 aliphatic rings. The Morgan fingerprint density at radius 1 is 1.00 bits per heavy atom. The molecule has 3 heteroatoms. The monoisotopic (exact) mass is 259 g/mol.